The Hall–Kier alpha value is -3.27. The number of rotatable bonds is 11. The van der Waals surface area contributed by atoms with Crippen LogP contribution in [0.4, 0.5) is 0 Å². The van der Waals surface area contributed by atoms with Gasteiger partial charge in [0.25, 0.3) is 11.5 Å². The zero-order chi connectivity index (χ0) is 25.5. The number of aromatic nitrogens is 2. The highest BCUT2D eigenvalue weighted by Crippen LogP contribution is 2.19. The molecule has 0 saturated heterocycles. The number of benzene rings is 1. The molecule has 206 valence electrons. The standard InChI is InChI=1S/C27H33N5O4.2ClH/c1-20-17-24(29-36-20)27(34)30(2)15-11-28-19-21-9-13-32(14-10-21)12-4-16-35-23-6-7-25-22(18-23)5-8-26(33)31(25)3;;/h5-10,13,17-18,28H,4,11-12,14-16,19H2,1-3H3;2*1H. The maximum Gasteiger partial charge on any atom is 0.275 e. The van der Waals surface area contributed by atoms with Crippen LogP contribution in [-0.2, 0) is 7.05 Å². The van der Waals surface area contributed by atoms with Crippen molar-refractivity contribution in [3.8, 4) is 5.75 Å². The Morgan fingerprint density at radius 2 is 2.03 bits per heavy atom. The largest absolute Gasteiger partial charge is 0.494 e. The molecule has 0 fully saturated rings. The molecule has 1 N–H and O–H groups in total. The summed E-state index contributed by atoms with van der Waals surface area (Å²) in [6, 6.07) is 10.9. The molecule has 11 heteroatoms. The first-order chi connectivity index (χ1) is 17.4. The van der Waals surface area contributed by atoms with Crippen LogP contribution in [0.5, 0.6) is 5.75 Å². The second kappa shape index (κ2) is 14.6. The third-order valence-electron chi connectivity index (χ3n) is 6.19. The van der Waals surface area contributed by atoms with Crippen molar-refractivity contribution in [2.24, 2.45) is 7.05 Å². The van der Waals surface area contributed by atoms with E-state index in [-0.39, 0.29) is 36.3 Å². The maximum atomic E-state index is 12.3. The van der Waals surface area contributed by atoms with Gasteiger partial charge in [-0.1, -0.05) is 11.2 Å². The number of ether oxygens (including phenoxy) is 1. The number of pyridine rings is 1. The van der Waals surface area contributed by atoms with Crippen molar-refractivity contribution in [3.63, 3.8) is 0 Å². The number of carbonyl (C=O) groups is 1. The minimum absolute atomic E-state index is 0. The van der Waals surface area contributed by atoms with Crippen molar-refractivity contribution < 1.29 is 14.1 Å². The third-order valence-corrected chi connectivity index (χ3v) is 6.19. The number of halogens is 2. The topological polar surface area (TPSA) is 92.8 Å². The first kappa shape index (κ1) is 31.0. The lowest BCUT2D eigenvalue weighted by atomic mass is 10.2. The second-order valence-electron chi connectivity index (χ2n) is 8.97. The van der Waals surface area contributed by atoms with Gasteiger partial charge in [-0.2, -0.15) is 0 Å². The Balaban J connectivity index is 0.00000253. The zero-order valence-corrected chi connectivity index (χ0v) is 23.5. The molecule has 1 amide bonds. The van der Waals surface area contributed by atoms with E-state index in [1.807, 2.05) is 24.3 Å². The fraction of sp³-hybridized carbons (Fsp3) is 0.370. The highest BCUT2D eigenvalue weighted by molar-refractivity contribution is 5.92. The van der Waals surface area contributed by atoms with Gasteiger partial charge in [0.2, 0.25) is 0 Å². The fourth-order valence-corrected chi connectivity index (χ4v) is 4.02. The number of aryl methyl sites for hydroxylation is 2. The van der Waals surface area contributed by atoms with E-state index in [1.165, 1.54) is 5.57 Å². The number of nitrogens with zero attached hydrogens (tertiary/aromatic N) is 4. The van der Waals surface area contributed by atoms with Crippen molar-refractivity contribution >= 4 is 41.6 Å². The van der Waals surface area contributed by atoms with Gasteiger partial charge in [-0.05, 0) is 55.5 Å². The van der Waals surface area contributed by atoms with Gasteiger partial charge in [0.15, 0.2) is 5.69 Å². The van der Waals surface area contributed by atoms with Gasteiger partial charge in [0.05, 0.1) is 12.1 Å². The highest BCUT2D eigenvalue weighted by atomic mass is 35.5. The van der Waals surface area contributed by atoms with E-state index in [4.69, 9.17) is 9.26 Å². The van der Waals surface area contributed by atoms with Crippen molar-refractivity contribution in [2.75, 3.05) is 46.4 Å². The molecular weight excluding hydrogens is 529 g/mol. The summed E-state index contributed by atoms with van der Waals surface area (Å²) in [7, 11) is 3.54. The van der Waals surface area contributed by atoms with E-state index >= 15 is 0 Å². The first-order valence-electron chi connectivity index (χ1n) is 12.1. The van der Waals surface area contributed by atoms with Gasteiger partial charge in [-0.3, -0.25) is 9.59 Å². The summed E-state index contributed by atoms with van der Waals surface area (Å²) < 4.78 is 12.5. The molecule has 1 aliphatic rings. The summed E-state index contributed by atoms with van der Waals surface area (Å²) in [6.45, 7) is 6.20. The number of likely N-dealkylation sites (N-methyl/N-ethyl adjacent to an activating group) is 1. The van der Waals surface area contributed by atoms with Crippen molar-refractivity contribution in [1.29, 1.82) is 0 Å². The predicted octanol–water partition coefficient (Wildman–Crippen LogP) is 3.56. The number of amides is 1. The molecule has 0 spiro atoms. The minimum atomic E-state index is -0.141. The summed E-state index contributed by atoms with van der Waals surface area (Å²) in [5.41, 5.74) is 2.45. The number of nitrogens with one attached hydrogen (secondary N) is 1. The zero-order valence-electron chi connectivity index (χ0n) is 21.9. The van der Waals surface area contributed by atoms with Crippen LogP contribution in [0.1, 0.15) is 22.7 Å². The molecule has 0 unspecified atom stereocenters. The molecule has 0 aliphatic carbocycles. The Morgan fingerprint density at radius 1 is 1.21 bits per heavy atom. The number of hydrogen-bond acceptors (Lipinski definition) is 7. The third kappa shape index (κ3) is 8.11. The minimum Gasteiger partial charge on any atom is -0.494 e. The van der Waals surface area contributed by atoms with Crippen LogP contribution in [0.2, 0.25) is 0 Å². The van der Waals surface area contributed by atoms with Gasteiger partial charge < -0.3 is 28.9 Å². The second-order valence-corrected chi connectivity index (χ2v) is 8.97. The van der Waals surface area contributed by atoms with Crippen molar-refractivity contribution in [2.45, 2.75) is 13.3 Å². The summed E-state index contributed by atoms with van der Waals surface area (Å²) >= 11 is 0. The summed E-state index contributed by atoms with van der Waals surface area (Å²) in [5, 5.41) is 8.15. The molecule has 3 aromatic rings. The van der Waals surface area contributed by atoms with Crippen LogP contribution in [0, 0.1) is 6.92 Å². The van der Waals surface area contributed by atoms with Crippen LogP contribution in [0.3, 0.4) is 0 Å². The number of carbonyl (C=O) groups excluding carboxylic acids is 1. The fourth-order valence-electron chi connectivity index (χ4n) is 4.02. The van der Waals surface area contributed by atoms with Crippen LogP contribution in [0.25, 0.3) is 10.9 Å². The normalized spacial score (nSPS) is 12.5. The number of hydrogen-bond donors (Lipinski definition) is 1. The van der Waals surface area contributed by atoms with Crippen LogP contribution < -0.4 is 15.6 Å². The average molecular weight is 565 g/mol. The predicted molar refractivity (Wildman–Crippen MR) is 154 cm³/mol. The van der Waals surface area contributed by atoms with Crippen LogP contribution in [0.15, 0.2) is 69.6 Å². The lowest BCUT2D eigenvalue weighted by Crippen LogP contribution is -2.34. The molecule has 4 rings (SSSR count). The van der Waals surface area contributed by atoms with Gasteiger partial charge in [0.1, 0.15) is 11.5 Å². The van der Waals surface area contributed by atoms with E-state index in [0.29, 0.717) is 31.2 Å². The van der Waals surface area contributed by atoms with Crippen LogP contribution in [-0.4, -0.2) is 71.8 Å². The maximum absolute atomic E-state index is 12.3. The van der Waals surface area contributed by atoms with E-state index in [0.717, 1.165) is 42.7 Å². The Labute approximate surface area is 234 Å². The molecule has 1 aliphatic heterocycles. The van der Waals surface area contributed by atoms with E-state index in [9.17, 15) is 9.59 Å². The van der Waals surface area contributed by atoms with Crippen LogP contribution >= 0.6 is 24.8 Å². The summed E-state index contributed by atoms with van der Waals surface area (Å²) in [5.74, 6) is 1.30. The van der Waals surface area contributed by atoms with E-state index < -0.39 is 0 Å². The van der Waals surface area contributed by atoms with Gasteiger partial charge >= 0.3 is 0 Å². The molecule has 38 heavy (non-hydrogen) atoms. The molecule has 0 radical (unpaired) electrons. The van der Waals surface area contributed by atoms with Gasteiger partial charge in [-0.25, -0.2) is 0 Å². The Bertz CT molecular complexity index is 1330. The highest BCUT2D eigenvalue weighted by Gasteiger charge is 2.15. The first-order valence-corrected chi connectivity index (χ1v) is 12.1. The monoisotopic (exact) mass is 563 g/mol. The smallest absolute Gasteiger partial charge is 0.275 e. The molecule has 0 saturated carbocycles. The average Bonchev–Trinajstić information content (AvgIpc) is 3.33. The van der Waals surface area contributed by atoms with Crippen molar-refractivity contribution in [3.05, 3.63) is 82.1 Å². The molecular formula is C27H35Cl2N5O4. The molecule has 9 nitrogen and oxygen atoms in total. The van der Waals surface area contributed by atoms with Gasteiger partial charge in [-0.15, -0.1) is 24.8 Å². The molecule has 2 aromatic heterocycles. The molecule has 3 heterocycles. The Morgan fingerprint density at radius 3 is 2.74 bits per heavy atom. The lowest BCUT2D eigenvalue weighted by Gasteiger charge is -2.23. The molecule has 1 aromatic carbocycles. The Kier molecular flexibility index (Phi) is 11.9. The molecule has 0 atom stereocenters. The number of fused-ring (bicyclic) bond motifs is 1. The summed E-state index contributed by atoms with van der Waals surface area (Å²) in [4.78, 5) is 27.9. The van der Waals surface area contributed by atoms with Gasteiger partial charge in [0, 0.05) is 64.3 Å². The SMILES string of the molecule is Cc1cc(C(=O)N(C)CCNCC2=CCN(CCCOc3ccc4c(ccc(=O)n4C)c3)C=C2)no1.Cl.Cl. The quantitative estimate of drug-likeness (QED) is 0.356. The lowest BCUT2D eigenvalue weighted by molar-refractivity contribution is 0.0786. The van der Waals surface area contributed by atoms with E-state index in [1.54, 1.807) is 42.6 Å². The molecule has 0 bridgehead atoms. The van der Waals surface area contributed by atoms with Crippen molar-refractivity contribution in [1.82, 2.24) is 24.8 Å². The summed E-state index contributed by atoms with van der Waals surface area (Å²) in [6.07, 6.45) is 7.37. The van der Waals surface area contributed by atoms with E-state index in [2.05, 4.69) is 33.7 Å².